The average molecular weight is 309 g/mol. The van der Waals surface area contributed by atoms with Crippen LogP contribution in [-0.2, 0) is 4.79 Å². The number of carbonyl (C=O) groups excluding carboxylic acids is 1. The molecule has 112 valence electrons. The number of amides is 1. The van der Waals surface area contributed by atoms with Crippen LogP contribution in [0.5, 0.6) is 0 Å². The van der Waals surface area contributed by atoms with Gasteiger partial charge in [-0.1, -0.05) is 19.0 Å². The maximum absolute atomic E-state index is 12.9. The number of hydrogen-bond acceptors (Lipinski definition) is 5. The zero-order valence-electron chi connectivity index (χ0n) is 11.7. The van der Waals surface area contributed by atoms with E-state index in [1.807, 2.05) is 13.8 Å². The lowest BCUT2D eigenvalue weighted by molar-refractivity contribution is -0.113. The molecule has 0 atom stereocenters. The van der Waals surface area contributed by atoms with E-state index in [0.717, 1.165) is 5.69 Å². The summed E-state index contributed by atoms with van der Waals surface area (Å²) in [5, 5.41) is 6.47. The first-order valence-corrected chi connectivity index (χ1v) is 7.38. The lowest BCUT2D eigenvalue weighted by Gasteiger charge is -2.05. The highest BCUT2D eigenvalue weighted by molar-refractivity contribution is 8.00. The Labute approximate surface area is 126 Å². The molecule has 0 fully saturated rings. The van der Waals surface area contributed by atoms with E-state index in [1.54, 1.807) is 12.1 Å². The Morgan fingerprint density at radius 2 is 2.24 bits per heavy atom. The first-order chi connectivity index (χ1) is 9.95. The Morgan fingerprint density at radius 3 is 2.86 bits per heavy atom. The van der Waals surface area contributed by atoms with Crippen LogP contribution < -0.4 is 11.1 Å². The van der Waals surface area contributed by atoms with Crippen LogP contribution in [0.15, 0.2) is 33.7 Å². The van der Waals surface area contributed by atoms with Gasteiger partial charge in [0.05, 0.1) is 11.4 Å². The van der Waals surface area contributed by atoms with E-state index in [2.05, 4.69) is 10.5 Å². The second-order valence-electron chi connectivity index (χ2n) is 4.79. The van der Waals surface area contributed by atoms with Crippen LogP contribution in [0.4, 0.5) is 16.0 Å². The van der Waals surface area contributed by atoms with E-state index in [-0.39, 0.29) is 17.6 Å². The van der Waals surface area contributed by atoms with Crippen LogP contribution in [0.3, 0.4) is 0 Å². The lowest BCUT2D eigenvalue weighted by atomic mass is 10.1. The molecule has 3 N–H and O–H groups in total. The molecule has 1 amide bonds. The topological polar surface area (TPSA) is 81.2 Å². The number of hydrogen-bond donors (Lipinski definition) is 2. The van der Waals surface area contributed by atoms with Gasteiger partial charge in [-0.05, 0) is 24.1 Å². The number of carbonyl (C=O) groups is 1. The van der Waals surface area contributed by atoms with Gasteiger partial charge < -0.3 is 10.3 Å². The third kappa shape index (κ3) is 4.22. The molecule has 0 saturated carbocycles. The molecule has 1 aromatic heterocycles. The molecule has 1 aromatic carbocycles. The van der Waals surface area contributed by atoms with Gasteiger partial charge in [-0.15, -0.1) is 11.8 Å². The minimum Gasteiger partial charge on any atom is -0.398 e. The van der Waals surface area contributed by atoms with Crippen LogP contribution in [0.25, 0.3) is 0 Å². The number of nitrogen functional groups attached to an aromatic ring is 1. The molecule has 0 aliphatic heterocycles. The fourth-order valence-electron chi connectivity index (χ4n) is 1.59. The number of thioether (sulfide) groups is 1. The average Bonchev–Trinajstić information content (AvgIpc) is 2.86. The van der Waals surface area contributed by atoms with Gasteiger partial charge in [-0.3, -0.25) is 10.1 Å². The summed E-state index contributed by atoms with van der Waals surface area (Å²) in [6.45, 7) is 3.97. The number of rotatable bonds is 5. The molecule has 5 nitrogen and oxygen atoms in total. The molecule has 0 bridgehead atoms. The molecule has 7 heteroatoms. The predicted octanol–water partition coefficient (Wildman–Crippen LogP) is 3.25. The largest absolute Gasteiger partial charge is 0.398 e. The van der Waals surface area contributed by atoms with Gasteiger partial charge >= 0.3 is 0 Å². The summed E-state index contributed by atoms with van der Waals surface area (Å²) in [5.74, 6) is 0.0524. The summed E-state index contributed by atoms with van der Waals surface area (Å²) >= 11 is 1.23. The number of anilines is 2. The fourth-order valence-corrected chi connectivity index (χ4v) is 2.34. The van der Waals surface area contributed by atoms with Gasteiger partial charge in [0.15, 0.2) is 0 Å². The number of benzene rings is 1. The van der Waals surface area contributed by atoms with E-state index >= 15 is 0 Å². The third-order valence-corrected chi connectivity index (χ3v) is 3.80. The quantitative estimate of drug-likeness (QED) is 0.654. The molecule has 0 aliphatic rings. The monoisotopic (exact) mass is 309 g/mol. The maximum Gasteiger partial charge on any atom is 0.237 e. The van der Waals surface area contributed by atoms with E-state index in [9.17, 15) is 9.18 Å². The van der Waals surface area contributed by atoms with E-state index in [1.165, 1.54) is 23.9 Å². The Morgan fingerprint density at radius 1 is 1.48 bits per heavy atom. The van der Waals surface area contributed by atoms with Crippen molar-refractivity contribution < 1.29 is 13.7 Å². The molecule has 1 heterocycles. The van der Waals surface area contributed by atoms with Gasteiger partial charge in [0, 0.05) is 16.6 Å². The van der Waals surface area contributed by atoms with Gasteiger partial charge in [0.2, 0.25) is 11.8 Å². The molecule has 2 rings (SSSR count). The van der Waals surface area contributed by atoms with Crippen molar-refractivity contribution in [2.24, 2.45) is 0 Å². The van der Waals surface area contributed by atoms with Crippen molar-refractivity contribution in [1.29, 1.82) is 0 Å². The predicted molar refractivity (Wildman–Crippen MR) is 80.8 cm³/mol. The van der Waals surface area contributed by atoms with Crippen LogP contribution >= 0.6 is 11.8 Å². The van der Waals surface area contributed by atoms with Crippen LogP contribution in [0.2, 0.25) is 0 Å². The van der Waals surface area contributed by atoms with Crippen molar-refractivity contribution in [3.05, 3.63) is 35.8 Å². The summed E-state index contributed by atoms with van der Waals surface area (Å²) in [4.78, 5) is 12.5. The highest BCUT2D eigenvalue weighted by atomic mass is 32.2. The molecule has 0 radical (unpaired) electrons. The zero-order valence-corrected chi connectivity index (χ0v) is 12.5. The number of halogens is 1. The SMILES string of the molecule is CC(C)c1cc(NC(=O)CSc2ccc(F)cc2N)on1. The number of nitrogens with one attached hydrogen (secondary N) is 1. The van der Waals surface area contributed by atoms with Gasteiger partial charge in [-0.25, -0.2) is 4.39 Å². The van der Waals surface area contributed by atoms with Gasteiger partial charge in [0.25, 0.3) is 0 Å². The summed E-state index contributed by atoms with van der Waals surface area (Å²) in [5.41, 5.74) is 6.77. The first kappa shape index (κ1) is 15.4. The summed E-state index contributed by atoms with van der Waals surface area (Å²) < 4.78 is 17.9. The zero-order chi connectivity index (χ0) is 15.4. The number of aromatic nitrogens is 1. The maximum atomic E-state index is 12.9. The molecule has 0 saturated heterocycles. The molecule has 0 spiro atoms. The van der Waals surface area contributed by atoms with Gasteiger partial charge in [0.1, 0.15) is 5.82 Å². The minimum absolute atomic E-state index is 0.146. The van der Waals surface area contributed by atoms with Crippen molar-refractivity contribution >= 4 is 29.2 Å². The van der Waals surface area contributed by atoms with Crippen LogP contribution in [0, 0.1) is 5.82 Å². The van der Waals surface area contributed by atoms with Crippen molar-refractivity contribution in [2.45, 2.75) is 24.7 Å². The first-order valence-electron chi connectivity index (χ1n) is 6.40. The standard InChI is InChI=1S/C14H16FN3O2S/c1-8(2)11-6-14(20-18-11)17-13(19)7-21-12-4-3-9(15)5-10(12)16/h3-6,8H,7,16H2,1-2H3,(H,17,19). The lowest BCUT2D eigenvalue weighted by Crippen LogP contribution is -2.13. The Balaban J connectivity index is 1.89. The molecule has 0 aliphatic carbocycles. The Bertz CT molecular complexity index is 643. The van der Waals surface area contributed by atoms with E-state index in [4.69, 9.17) is 10.3 Å². The molecular weight excluding hydrogens is 293 g/mol. The highest BCUT2D eigenvalue weighted by Crippen LogP contribution is 2.25. The molecule has 0 unspecified atom stereocenters. The Kier molecular flexibility index (Phi) is 4.85. The summed E-state index contributed by atoms with van der Waals surface area (Å²) in [7, 11) is 0. The van der Waals surface area contributed by atoms with Crippen molar-refractivity contribution in [3.63, 3.8) is 0 Å². The van der Waals surface area contributed by atoms with Crippen molar-refractivity contribution in [1.82, 2.24) is 5.16 Å². The van der Waals surface area contributed by atoms with E-state index < -0.39 is 5.82 Å². The normalized spacial score (nSPS) is 10.9. The van der Waals surface area contributed by atoms with Gasteiger partial charge in [-0.2, -0.15) is 0 Å². The summed E-state index contributed by atoms with van der Waals surface area (Å²) in [6, 6.07) is 5.78. The number of nitrogens with zero attached hydrogens (tertiary/aromatic N) is 1. The van der Waals surface area contributed by atoms with Crippen molar-refractivity contribution in [3.8, 4) is 0 Å². The fraction of sp³-hybridized carbons (Fsp3) is 0.286. The smallest absolute Gasteiger partial charge is 0.237 e. The second-order valence-corrected chi connectivity index (χ2v) is 5.81. The van der Waals surface area contributed by atoms with E-state index in [0.29, 0.717) is 16.5 Å². The third-order valence-electron chi connectivity index (χ3n) is 2.71. The number of nitrogens with two attached hydrogens (primary N) is 1. The highest BCUT2D eigenvalue weighted by Gasteiger charge is 2.11. The molecular formula is C14H16FN3O2S. The van der Waals surface area contributed by atoms with Crippen LogP contribution in [-0.4, -0.2) is 16.8 Å². The van der Waals surface area contributed by atoms with Crippen LogP contribution in [0.1, 0.15) is 25.5 Å². The Hall–Kier alpha value is -2.02. The summed E-state index contributed by atoms with van der Waals surface area (Å²) in [6.07, 6.45) is 0. The second kappa shape index (κ2) is 6.62. The van der Waals surface area contributed by atoms with Crippen molar-refractivity contribution in [2.75, 3.05) is 16.8 Å². The minimum atomic E-state index is -0.399. The molecule has 21 heavy (non-hydrogen) atoms. The molecule has 2 aromatic rings.